The molecular weight excluding hydrogens is 475 g/mol. The van der Waals surface area contributed by atoms with Crippen LogP contribution in [0.1, 0.15) is 19.3 Å². The molecule has 0 aromatic carbocycles. The topological polar surface area (TPSA) is 84.3 Å². The molecule has 1 aliphatic carbocycles. The summed E-state index contributed by atoms with van der Waals surface area (Å²) in [5, 5.41) is 3.49. The average molecular weight is 497 g/mol. The zero-order valence-electron chi connectivity index (χ0n) is 16.4. The monoisotopic (exact) mass is 497 g/mol. The molecule has 1 amide bonds. The minimum absolute atomic E-state index is 0. The van der Waals surface area contributed by atoms with Crippen molar-refractivity contribution in [2.24, 2.45) is 0 Å². The Labute approximate surface area is 222 Å². The van der Waals surface area contributed by atoms with E-state index in [1.165, 1.54) is 19.3 Å². The summed E-state index contributed by atoms with van der Waals surface area (Å²) in [4.78, 5) is 22.3. The molecule has 2 N–H and O–H groups in total. The van der Waals surface area contributed by atoms with Gasteiger partial charge < -0.3 is 26.9 Å². The second kappa shape index (κ2) is 10.5. The Morgan fingerprint density at radius 2 is 2.04 bits per heavy atom. The van der Waals surface area contributed by atoms with Gasteiger partial charge in [0.15, 0.2) is 0 Å². The number of H-pyrrole nitrogens is 1. The van der Waals surface area contributed by atoms with Crippen molar-refractivity contribution in [2.45, 2.75) is 19.3 Å². The van der Waals surface area contributed by atoms with Gasteiger partial charge in [0.25, 0.3) is 0 Å². The summed E-state index contributed by atoms with van der Waals surface area (Å²) in [6.07, 6.45) is 12.6. The van der Waals surface area contributed by atoms with Gasteiger partial charge in [-0.2, -0.15) is 0 Å². The fourth-order valence-electron chi connectivity index (χ4n) is 2.68. The molecule has 0 aliphatic heterocycles. The van der Waals surface area contributed by atoms with Gasteiger partial charge in [-0.3, -0.25) is 4.79 Å². The number of nitrogens with zero attached hydrogens (tertiary/aromatic N) is 3. The molecule has 0 radical (unpaired) electrons. The fourth-order valence-corrected chi connectivity index (χ4v) is 2.68. The van der Waals surface area contributed by atoms with Crippen molar-refractivity contribution < 1.29 is 78.4 Å². The van der Waals surface area contributed by atoms with E-state index in [0.717, 1.165) is 27.9 Å². The number of methoxy groups -OCH3 is 1. The molecule has 140 valence electrons. The fraction of sp³-hybridized carbons (Fsp3) is 0.200. The second-order valence-corrected chi connectivity index (χ2v) is 6.07. The number of nitrogens with one attached hydrogen (secondary N) is 2. The molecule has 7 nitrogen and oxygen atoms in total. The normalized spacial score (nSPS) is 11.6. The first-order valence-corrected chi connectivity index (χ1v) is 8.49. The van der Waals surface area contributed by atoms with Crippen LogP contribution < -0.4 is 78.9 Å². The SMILES string of the molecule is C1CC1.COc1cc2nccn2cc1-c1c[nH]c2nc(NC=O)ccc12.[CH3-].[Cs+]. The summed E-state index contributed by atoms with van der Waals surface area (Å²) in [7, 11) is 1.64. The van der Waals surface area contributed by atoms with Gasteiger partial charge in [0.05, 0.1) is 7.11 Å². The molecule has 0 bridgehead atoms. The molecule has 4 aromatic heterocycles. The van der Waals surface area contributed by atoms with Gasteiger partial charge in [0.2, 0.25) is 6.41 Å². The number of amides is 1. The van der Waals surface area contributed by atoms with Crippen LogP contribution in [0.5, 0.6) is 5.75 Å². The Hall–Kier alpha value is -1.30. The minimum Gasteiger partial charge on any atom is -0.496 e. The van der Waals surface area contributed by atoms with Gasteiger partial charge in [-0.1, -0.05) is 19.3 Å². The summed E-state index contributed by atoms with van der Waals surface area (Å²) in [6, 6.07) is 5.57. The number of ether oxygens (including phenoxy) is 1. The number of hydrogen-bond acceptors (Lipinski definition) is 4. The minimum atomic E-state index is 0. The molecule has 4 aromatic rings. The number of fused-ring (bicyclic) bond motifs is 2. The van der Waals surface area contributed by atoms with Gasteiger partial charge >= 0.3 is 68.9 Å². The molecule has 1 saturated carbocycles. The third kappa shape index (κ3) is 5.00. The number of hydrogen-bond donors (Lipinski definition) is 2. The molecular formula is C20H22CsN5O2. The Balaban J connectivity index is 0.000000514. The van der Waals surface area contributed by atoms with Crippen LogP contribution >= 0.6 is 0 Å². The van der Waals surface area contributed by atoms with Crippen molar-refractivity contribution in [3.63, 3.8) is 0 Å². The van der Waals surface area contributed by atoms with E-state index in [2.05, 4.69) is 20.3 Å². The van der Waals surface area contributed by atoms with Crippen molar-refractivity contribution in [3.05, 3.63) is 50.4 Å². The maximum atomic E-state index is 10.5. The van der Waals surface area contributed by atoms with Crippen LogP contribution in [0.3, 0.4) is 0 Å². The van der Waals surface area contributed by atoms with E-state index in [1.807, 2.05) is 35.1 Å². The number of rotatable bonds is 4. The van der Waals surface area contributed by atoms with Crippen LogP contribution in [0.2, 0.25) is 0 Å². The summed E-state index contributed by atoms with van der Waals surface area (Å²) < 4.78 is 7.45. The average Bonchev–Trinajstić information content (AvgIpc) is 3.38. The summed E-state index contributed by atoms with van der Waals surface area (Å²) in [5.41, 5.74) is 3.42. The quantitative estimate of drug-likeness (QED) is 0.327. The summed E-state index contributed by atoms with van der Waals surface area (Å²) in [5.74, 6) is 1.23. The third-order valence-corrected chi connectivity index (χ3v) is 4.10. The van der Waals surface area contributed by atoms with Crippen molar-refractivity contribution in [2.75, 3.05) is 12.4 Å². The summed E-state index contributed by atoms with van der Waals surface area (Å²) in [6.45, 7) is 0. The van der Waals surface area contributed by atoms with Crippen molar-refractivity contribution >= 4 is 28.9 Å². The molecule has 0 saturated heterocycles. The Morgan fingerprint density at radius 3 is 2.71 bits per heavy atom. The van der Waals surface area contributed by atoms with Crippen LogP contribution in [0.15, 0.2) is 43.0 Å². The van der Waals surface area contributed by atoms with Crippen molar-refractivity contribution in [1.29, 1.82) is 0 Å². The maximum absolute atomic E-state index is 10.5. The first-order chi connectivity index (χ1) is 12.8. The molecule has 8 heteroatoms. The van der Waals surface area contributed by atoms with Gasteiger partial charge in [0, 0.05) is 47.4 Å². The Bertz CT molecular complexity index is 1070. The largest absolute Gasteiger partial charge is 1.00 e. The zero-order valence-corrected chi connectivity index (χ0v) is 22.7. The summed E-state index contributed by atoms with van der Waals surface area (Å²) >= 11 is 0. The van der Waals surface area contributed by atoms with Crippen LogP contribution in [0.4, 0.5) is 5.82 Å². The first kappa shape index (κ1) is 23.0. The molecule has 5 rings (SSSR count). The van der Waals surface area contributed by atoms with Crippen LogP contribution in [-0.2, 0) is 4.79 Å². The Kier molecular flexibility index (Phi) is 8.60. The number of anilines is 1. The molecule has 1 fully saturated rings. The molecule has 0 atom stereocenters. The van der Waals surface area contributed by atoms with Crippen LogP contribution in [-0.4, -0.2) is 32.9 Å². The van der Waals surface area contributed by atoms with E-state index >= 15 is 0 Å². The molecule has 28 heavy (non-hydrogen) atoms. The molecule has 1 aliphatic rings. The predicted molar refractivity (Wildman–Crippen MR) is 107 cm³/mol. The van der Waals surface area contributed by atoms with Crippen molar-refractivity contribution in [3.8, 4) is 16.9 Å². The molecule has 0 unspecified atom stereocenters. The number of pyridine rings is 2. The van der Waals surface area contributed by atoms with E-state index in [4.69, 9.17) is 4.74 Å². The van der Waals surface area contributed by atoms with E-state index in [-0.39, 0.29) is 76.3 Å². The van der Waals surface area contributed by atoms with Gasteiger partial charge in [-0.25, -0.2) is 9.97 Å². The van der Waals surface area contributed by atoms with E-state index in [1.54, 1.807) is 19.4 Å². The number of aromatic nitrogens is 4. The van der Waals surface area contributed by atoms with E-state index in [9.17, 15) is 4.79 Å². The third-order valence-electron chi connectivity index (χ3n) is 4.10. The van der Waals surface area contributed by atoms with Gasteiger partial charge in [-0.15, -0.1) is 0 Å². The van der Waals surface area contributed by atoms with Crippen molar-refractivity contribution in [1.82, 2.24) is 19.4 Å². The first-order valence-electron chi connectivity index (χ1n) is 8.49. The van der Waals surface area contributed by atoms with Crippen LogP contribution in [0.25, 0.3) is 27.8 Å². The zero-order chi connectivity index (χ0) is 17.9. The van der Waals surface area contributed by atoms with E-state index < -0.39 is 0 Å². The van der Waals surface area contributed by atoms with Crippen LogP contribution in [0, 0.1) is 7.43 Å². The molecule has 4 heterocycles. The molecule has 0 spiro atoms. The Morgan fingerprint density at radius 1 is 1.25 bits per heavy atom. The standard InChI is InChI=1S/C16H13N5O2.C3H6.CH3.Cs/c1-23-13-6-15-17-4-5-21(15)8-12(13)11-7-18-16-10(11)2-3-14(20-16)19-9-22;1-2-3-1;;/h2-9H,1H3,(H2,18,19,20,22);1-3H2;1H3;/q;;-1;+1. The smallest absolute Gasteiger partial charge is 0.496 e. The van der Waals surface area contributed by atoms with Gasteiger partial charge in [0.1, 0.15) is 22.9 Å². The predicted octanol–water partition coefficient (Wildman–Crippen LogP) is 1.08. The van der Waals surface area contributed by atoms with Gasteiger partial charge in [-0.05, 0) is 12.1 Å². The van der Waals surface area contributed by atoms with E-state index in [0.29, 0.717) is 17.9 Å². The maximum Gasteiger partial charge on any atom is 1.00 e. The number of aromatic amines is 1. The second-order valence-electron chi connectivity index (χ2n) is 6.07. The number of carbonyl (C=O) groups excluding carboxylic acids is 1. The number of imidazole rings is 1. The number of carbonyl (C=O) groups is 1.